The molecule has 2 aliphatic rings. The van der Waals surface area contributed by atoms with Crippen LogP contribution in [0.5, 0.6) is 0 Å². The molecule has 98 valence electrons. The number of aliphatic hydroxyl groups is 1. The van der Waals surface area contributed by atoms with Crippen molar-refractivity contribution in [3.63, 3.8) is 0 Å². The standard InChI is InChI=1S/C16H23NO/c1-16(18,13-8-3-2-4-9-13)15-11-12-7-5-6-10-14(12)17-15/h2-4,8-9,12,14-15,17-18H,5-7,10-11H2,1H3/t12-,14-,15-,16?/m0/s1. The highest BCUT2D eigenvalue weighted by Gasteiger charge is 2.43. The van der Waals surface area contributed by atoms with Gasteiger partial charge in [-0.05, 0) is 37.7 Å². The van der Waals surface area contributed by atoms with Gasteiger partial charge in [0.2, 0.25) is 0 Å². The molecule has 1 saturated heterocycles. The van der Waals surface area contributed by atoms with E-state index in [1.54, 1.807) is 0 Å². The first-order valence-corrected chi connectivity index (χ1v) is 7.22. The van der Waals surface area contributed by atoms with Crippen LogP contribution in [0.1, 0.15) is 44.6 Å². The van der Waals surface area contributed by atoms with E-state index in [9.17, 15) is 5.11 Å². The lowest BCUT2D eigenvalue weighted by Gasteiger charge is -2.31. The lowest BCUT2D eigenvalue weighted by atomic mass is 9.81. The summed E-state index contributed by atoms with van der Waals surface area (Å²) in [6.07, 6.45) is 6.44. The third kappa shape index (κ3) is 2.08. The van der Waals surface area contributed by atoms with Crippen LogP contribution in [0, 0.1) is 5.92 Å². The van der Waals surface area contributed by atoms with Gasteiger partial charge in [0.05, 0.1) is 0 Å². The summed E-state index contributed by atoms with van der Waals surface area (Å²) in [5.74, 6) is 0.777. The molecule has 2 fully saturated rings. The Hall–Kier alpha value is -0.860. The van der Waals surface area contributed by atoms with Crippen molar-refractivity contribution >= 4 is 0 Å². The fourth-order valence-electron chi connectivity index (χ4n) is 3.71. The molecule has 0 spiro atoms. The second-order valence-corrected chi connectivity index (χ2v) is 6.12. The maximum atomic E-state index is 10.9. The van der Waals surface area contributed by atoms with E-state index < -0.39 is 5.60 Å². The van der Waals surface area contributed by atoms with E-state index in [2.05, 4.69) is 5.32 Å². The predicted octanol–water partition coefficient (Wildman–Crippen LogP) is 2.81. The maximum Gasteiger partial charge on any atom is 0.102 e. The highest BCUT2D eigenvalue weighted by molar-refractivity contribution is 5.24. The molecule has 4 atom stereocenters. The fourth-order valence-corrected chi connectivity index (χ4v) is 3.71. The minimum atomic E-state index is -0.751. The molecule has 0 radical (unpaired) electrons. The third-order valence-electron chi connectivity index (χ3n) is 4.90. The monoisotopic (exact) mass is 245 g/mol. The molecule has 1 heterocycles. The number of rotatable bonds is 2. The van der Waals surface area contributed by atoms with Crippen LogP contribution in [-0.4, -0.2) is 17.2 Å². The van der Waals surface area contributed by atoms with Gasteiger partial charge in [-0.2, -0.15) is 0 Å². The van der Waals surface area contributed by atoms with Gasteiger partial charge in [0, 0.05) is 12.1 Å². The van der Waals surface area contributed by atoms with Crippen molar-refractivity contribution in [3.05, 3.63) is 35.9 Å². The zero-order valence-electron chi connectivity index (χ0n) is 11.1. The molecule has 1 aliphatic carbocycles. The first-order chi connectivity index (χ1) is 8.68. The Kier molecular flexibility index (Phi) is 3.16. The van der Waals surface area contributed by atoms with Crippen LogP contribution in [0.3, 0.4) is 0 Å². The molecular weight excluding hydrogens is 222 g/mol. The molecule has 1 aliphatic heterocycles. The minimum Gasteiger partial charge on any atom is -0.384 e. The van der Waals surface area contributed by atoms with Gasteiger partial charge in [0.25, 0.3) is 0 Å². The Labute approximate surface area is 109 Å². The Balaban J connectivity index is 1.79. The Morgan fingerprint density at radius 3 is 2.61 bits per heavy atom. The summed E-state index contributed by atoms with van der Waals surface area (Å²) in [7, 11) is 0. The lowest BCUT2D eigenvalue weighted by Crippen LogP contribution is -2.45. The van der Waals surface area contributed by atoms with Gasteiger partial charge in [0.15, 0.2) is 0 Å². The number of fused-ring (bicyclic) bond motifs is 1. The normalized spacial score (nSPS) is 34.9. The van der Waals surface area contributed by atoms with E-state index in [4.69, 9.17) is 0 Å². The highest BCUT2D eigenvalue weighted by atomic mass is 16.3. The van der Waals surface area contributed by atoms with Crippen molar-refractivity contribution in [2.24, 2.45) is 5.92 Å². The number of hydrogen-bond acceptors (Lipinski definition) is 2. The van der Waals surface area contributed by atoms with Crippen LogP contribution < -0.4 is 5.32 Å². The number of hydrogen-bond donors (Lipinski definition) is 2. The Morgan fingerprint density at radius 2 is 1.89 bits per heavy atom. The first kappa shape index (κ1) is 12.2. The minimum absolute atomic E-state index is 0.202. The zero-order chi connectivity index (χ0) is 12.6. The van der Waals surface area contributed by atoms with E-state index in [0.29, 0.717) is 6.04 Å². The average Bonchev–Trinajstić information content (AvgIpc) is 2.84. The fraction of sp³-hybridized carbons (Fsp3) is 0.625. The van der Waals surface area contributed by atoms with Gasteiger partial charge in [-0.15, -0.1) is 0 Å². The van der Waals surface area contributed by atoms with Crippen molar-refractivity contribution in [2.45, 2.75) is 56.7 Å². The summed E-state index contributed by atoms with van der Waals surface area (Å²) >= 11 is 0. The average molecular weight is 245 g/mol. The predicted molar refractivity (Wildman–Crippen MR) is 73.3 cm³/mol. The zero-order valence-corrected chi connectivity index (χ0v) is 11.1. The van der Waals surface area contributed by atoms with Crippen molar-refractivity contribution in [1.82, 2.24) is 5.32 Å². The molecule has 3 rings (SSSR count). The van der Waals surface area contributed by atoms with Gasteiger partial charge in [-0.3, -0.25) is 0 Å². The first-order valence-electron chi connectivity index (χ1n) is 7.22. The molecule has 2 heteroatoms. The van der Waals surface area contributed by atoms with E-state index in [-0.39, 0.29) is 6.04 Å². The van der Waals surface area contributed by atoms with Crippen molar-refractivity contribution in [2.75, 3.05) is 0 Å². The van der Waals surface area contributed by atoms with Crippen LogP contribution in [0.2, 0.25) is 0 Å². The lowest BCUT2D eigenvalue weighted by molar-refractivity contribution is 0.0196. The molecule has 1 aromatic carbocycles. The van der Waals surface area contributed by atoms with E-state index in [1.165, 1.54) is 25.7 Å². The van der Waals surface area contributed by atoms with Crippen LogP contribution in [-0.2, 0) is 5.60 Å². The molecular formula is C16H23NO. The molecule has 0 amide bonds. The topological polar surface area (TPSA) is 32.3 Å². The van der Waals surface area contributed by atoms with Crippen LogP contribution in [0.4, 0.5) is 0 Å². The second-order valence-electron chi connectivity index (χ2n) is 6.12. The van der Waals surface area contributed by atoms with Gasteiger partial charge in [-0.25, -0.2) is 0 Å². The van der Waals surface area contributed by atoms with E-state index >= 15 is 0 Å². The number of benzene rings is 1. The molecule has 0 aromatic heterocycles. The summed E-state index contributed by atoms with van der Waals surface area (Å²) < 4.78 is 0. The summed E-state index contributed by atoms with van der Waals surface area (Å²) in [5, 5.41) is 14.6. The summed E-state index contributed by atoms with van der Waals surface area (Å²) in [5.41, 5.74) is 0.277. The second kappa shape index (κ2) is 4.67. The molecule has 0 bridgehead atoms. The van der Waals surface area contributed by atoms with Crippen LogP contribution in [0.15, 0.2) is 30.3 Å². The quantitative estimate of drug-likeness (QED) is 0.839. The number of nitrogens with one attached hydrogen (secondary N) is 1. The molecule has 1 saturated carbocycles. The smallest absolute Gasteiger partial charge is 0.102 e. The molecule has 1 aromatic rings. The third-order valence-corrected chi connectivity index (χ3v) is 4.90. The van der Waals surface area contributed by atoms with Crippen LogP contribution in [0.25, 0.3) is 0 Å². The largest absolute Gasteiger partial charge is 0.384 e. The Morgan fingerprint density at radius 1 is 1.17 bits per heavy atom. The SMILES string of the molecule is CC(O)(c1ccccc1)[C@@H]1C[C@@H]2CCCC[C@@H]2N1. The maximum absolute atomic E-state index is 10.9. The van der Waals surface area contributed by atoms with E-state index in [1.807, 2.05) is 37.3 Å². The van der Waals surface area contributed by atoms with Gasteiger partial charge in [0.1, 0.15) is 5.60 Å². The summed E-state index contributed by atoms with van der Waals surface area (Å²) in [6, 6.07) is 10.9. The molecule has 1 unspecified atom stereocenters. The van der Waals surface area contributed by atoms with Crippen molar-refractivity contribution in [3.8, 4) is 0 Å². The Bertz CT molecular complexity index is 387. The van der Waals surface area contributed by atoms with Gasteiger partial charge < -0.3 is 10.4 Å². The molecule has 2 nitrogen and oxygen atoms in total. The summed E-state index contributed by atoms with van der Waals surface area (Å²) in [6.45, 7) is 1.96. The van der Waals surface area contributed by atoms with Gasteiger partial charge in [-0.1, -0.05) is 43.2 Å². The van der Waals surface area contributed by atoms with Crippen molar-refractivity contribution < 1.29 is 5.11 Å². The summed E-state index contributed by atoms with van der Waals surface area (Å²) in [4.78, 5) is 0. The van der Waals surface area contributed by atoms with Crippen LogP contribution >= 0.6 is 0 Å². The van der Waals surface area contributed by atoms with E-state index in [0.717, 1.165) is 17.9 Å². The molecule has 18 heavy (non-hydrogen) atoms. The van der Waals surface area contributed by atoms with Crippen molar-refractivity contribution in [1.29, 1.82) is 0 Å². The molecule has 2 N–H and O–H groups in total. The highest BCUT2D eigenvalue weighted by Crippen LogP contribution is 2.39. The van der Waals surface area contributed by atoms with Gasteiger partial charge >= 0.3 is 0 Å².